The quantitative estimate of drug-likeness (QED) is 0.151. The topological polar surface area (TPSA) is 83.1 Å². The molecule has 5 heterocycles. The van der Waals surface area contributed by atoms with Gasteiger partial charge in [0.25, 0.3) is 0 Å². The van der Waals surface area contributed by atoms with Crippen LogP contribution < -0.4 is 33.2 Å². The van der Waals surface area contributed by atoms with Crippen molar-refractivity contribution in [2.24, 2.45) is 0 Å². The molecule has 0 unspecified atom stereocenters. The molecule has 0 spiro atoms. The molecule has 68 heavy (non-hydrogen) atoms. The van der Waals surface area contributed by atoms with E-state index in [1.807, 2.05) is 18.2 Å². The van der Waals surface area contributed by atoms with Crippen molar-refractivity contribution in [1.82, 2.24) is 0 Å². The van der Waals surface area contributed by atoms with E-state index in [1.54, 1.807) is 0 Å². The number of hydrogen-bond acceptors (Lipinski definition) is 9. The van der Waals surface area contributed by atoms with Gasteiger partial charge < -0.3 is 42.6 Å². The van der Waals surface area contributed by atoms with Gasteiger partial charge in [0.05, 0.1) is 19.8 Å². The summed E-state index contributed by atoms with van der Waals surface area (Å²) in [6, 6.07) is 31.5. The zero-order chi connectivity index (χ0) is 49.5. The van der Waals surface area contributed by atoms with E-state index >= 15 is 0 Å². The molecule has 0 fully saturated rings. The van der Waals surface area contributed by atoms with Crippen molar-refractivity contribution < 1.29 is 42.6 Å². The van der Waals surface area contributed by atoms with Gasteiger partial charge in [-0.15, -0.1) is 0 Å². The molecule has 9 heteroatoms. The second-order valence-electron chi connectivity index (χ2n) is 22.9. The van der Waals surface area contributed by atoms with Crippen LogP contribution in [-0.4, -0.2) is 40.2 Å². The zero-order valence-corrected chi connectivity index (χ0v) is 43.7. The molecule has 0 amide bonds. The first-order chi connectivity index (χ1) is 31.9. The third-order valence-corrected chi connectivity index (χ3v) is 12.1. The van der Waals surface area contributed by atoms with Crippen molar-refractivity contribution in [3.63, 3.8) is 0 Å². The Kier molecular flexibility index (Phi) is 16.4. The van der Waals surface area contributed by atoms with Crippen LogP contribution in [0.3, 0.4) is 0 Å². The Morgan fingerprint density at radius 3 is 1.35 bits per heavy atom. The summed E-state index contributed by atoms with van der Waals surface area (Å²) in [6.07, 6.45) is 1.07. The number of fused-ring (bicyclic) bond motifs is 5. The van der Waals surface area contributed by atoms with Crippen molar-refractivity contribution in [3.05, 3.63) is 136 Å². The van der Waals surface area contributed by atoms with Crippen molar-refractivity contribution in [2.75, 3.05) is 40.2 Å². The van der Waals surface area contributed by atoms with Gasteiger partial charge in [-0.2, -0.15) is 0 Å². The summed E-state index contributed by atoms with van der Waals surface area (Å²) < 4.78 is 48.5. The molecule has 0 atom stereocenters. The molecule has 5 aromatic carbocycles. The van der Waals surface area contributed by atoms with E-state index in [9.17, 15) is 0 Å². The summed E-state index contributed by atoms with van der Waals surface area (Å²) >= 11 is 0. The average Bonchev–Trinajstić information content (AvgIpc) is 3.98. The Bertz CT molecular complexity index is 2310. The fraction of sp³-hybridized carbons (Fsp3) is 0.492. The van der Waals surface area contributed by atoms with Crippen LogP contribution in [-0.2, 0) is 56.2 Å². The van der Waals surface area contributed by atoms with Gasteiger partial charge in [-0.3, -0.25) is 0 Å². The first kappa shape index (κ1) is 52.0. The molecule has 0 radical (unpaired) electrons. The number of para-hydroxylation sites is 1. The SMILES string of the molecule is CC(C)(C)c1ccc2c(c1)COCO2.CC(C)(C)c1ccc2c(c1)OCC2.CC(C)(C)c1ccc2c(c1)OCCO2.CC(C)(C)c1ccc2c(c1)OCO2.CC(C)(C)c1cccc2c1OCOC2. The summed E-state index contributed by atoms with van der Waals surface area (Å²) in [4.78, 5) is 0. The van der Waals surface area contributed by atoms with Crippen molar-refractivity contribution in [3.8, 4) is 40.2 Å². The normalized spacial score (nSPS) is 15.5. The predicted octanol–water partition coefficient (Wildman–Crippen LogP) is 14.1. The van der Waals surface area contributed by atoms with Crippen LogP contribution in [0.2, 0.25) is 0 Å². The number of benzene rings is 5. The largest absolute Gasteiger partial charge is 0.493 e. The van der Waals surface area contributed by atoms with E-state index < -0.39 is 0 Å². The van der Waals surface area contributed by atoms with E-state index in [0.717, 1.165) is 64.4 Å². The standard InChI is InChI=1S/3C12H16O2.C12H16O.C11H14O2/c1-12(2,3)10-4-5-11-9(6-10)7-13-8-14-11;1-12(2,3)9-4-5-10-11(8-9)14-7-6-13-10;1-12(2,3)10-6-4-5-9-7-13-8-14-11(9)10;1-12(2,3)10-5-4-9-6-7-13-11(9)8-10;1-11(2,3)8-4-5-9-10(6-8)13-7-12-9/h4-6H,7-8H2,1-3H3;4-5,8H,6-7H2,1-3H3;4-6H,7-8H2,1-3H3;4-5,8H,6-7H2,1-3H3;4-6H,7H2,1-3H3. The number of ether oxygens (including phenoxy) is 9. The third-order valence-electron chi connectivity index (χ3n) is 12.1. The summed E-state index contributed by atoms with van der Waals surface area (Å²) in [5.74, 6) is 6.54. The molecule has 5 aliphatic rings. The van der Waals surface area contributed by atoms with Crippen LogP contribution >= 0.6 is 0 Å². The minimum Gasteiger partial charge on any atom is -0.493 e. The maximum absolute atomic E-state index is 5.56. The molecule has 0 aliphatic carbocycles. The summed E-state index contributed by atoms with van der Waals surface area (Å²) in [5.41, 5.74) is 11.0. The number of rotatable bonds is 0. The Morgan fingerprint density at radius 2 is 0.765 bits per heavy atom. The van der Waals surface area contributed by atoms with Crippen LogP contribution in [0.5, 0.6) is 40.2 Å². The van der Waals surface area contributed by atoms with E-state index in [0.29, 0.717) is 46.8 Å². The van der Waals surface area contributed by atoms with E-state index in [-0.39, 0.29) is 27.1 Å². The predicted molar refractivity (Wildman–Crippen MR) is 273 cm³/mol. The highest BCUT2D eigenvalue weighted by molar-refractivity contribution is 5.48. The van der Waals surface area contributed by atoms with Gasteiger partial charge in [-0.05, 0) is 103 Å². The smallest absolute Gasteiger partial charge is 0.231 e. The van der Waals surface area contributed by atoms with Crippen molar-refractivity contribution in [2.45, 2.75) is 151 Å². The molecule has 5 aliphatic heterocycles. The fourth-order valence-corrected chi connectivity index (χ4v) is 7.77. The van der Waals surface area contributed by atoms with E-state index in [2.05, 4.69) is 177 Å². The van der Waals surface area contributed by atoms with Gasteiger partial charge in [0.15, 0.2) is 36.6 Å². The van der Waals surface area contributed by atoms with Gasteiger partial charge in [-0.1, -0.05) is 152 Å². The Labute approximate surface area is 407 Å². The first-order valence-corrected chi connectivity index (χ1v) is 24.1. The minimum atomic E-state index is 0.128. The highest BCUT2D eigenvalue weighted by Gasteiger charge is 2.24. The fourth-order valence-electron chi connectivity index (χ4n) is 7.77. The van der Waals surface area contributed by atoms with E-state index in [1.165, 1.54) is 33.4 Å². The molecule has 0 saturated heterocycles. The zero-order valence-electron chi connectivity index (χ0n) is 43.7. The van der Waals surface area contributed by atoms with Crippen LogP contribution in [0.4, 0.5) is 0 Å². The van der Waals surface area contributed by atoms with Crippen LogP contribution in [0.1, 0.15) is 148 Å². The minimum absolute atomic E-state index is 0.128. The molecule has 0 aromatic heterocycles. The summed E-state index contributed by atoms with van der Waals surface area (Å²) in [7, 11) is 0. The van der Waals surface area contributed by atoms with Gasteiger partial charge in [-0.25, -0.2) is 0 Å². The van der Waals surface area contributed by atoms with Gasteiger partial charge >= 0.3 is 0 Å². The second-order valence-corrected chi connectivity index (χ2v) is 22.9. The maximum Gasteiger partial charge on any atom is 0.231 e. The highest BCUT2D eigenvalue weighted by Crippen LogP contribution is 2.39. The molecule has 0 saturated carbocycles. The lowest BCUT2D eigenvalue weighted by Crippen LogP contribution is -2.19. The van der Waals surface area contributed by atoms with Gasteiger partial charge in [0, 0.05) is 17.5 Å². The lowest BCUT2D eigenvalue weighted by atomic mass is 9.85. The molecular formula is C59H78O9. The molecule has 10 rings (SSSR count). The third kappa shape index (κ3) is 14.1. The van der Waals surface area contributed by atoms with Crippen molar-refractivity contribution >= 4 is 0 Å². The maximum atomic E-state index is 5.56. The van der Waals surface area contributed by atoms with Gasteiger partial charge in [0.1, 0.15) is 30.5 Å². The average molecular weight is 931 g/mol. The van der Waals surface area contributed by atoms with Crippen LogP contribution in [0.15, 0.2) is 91.0 Å². The molecule has 0 bridgehead atoms. The van der Waals surface area contributed by atoms with Crippen molar-refractivity contribution in [1.29, 1.82) is 0 Å². The molecule has 368 valence electrons. The Hall–Kier alpha value is -5.38. The molecule has 9 nitrogen and oxygen atoms in total. The Morgan fingerprint density at radius 1 is 0.324 bits per heavy atom. The van der Waals surface area contributed by atoms with Crippen LogP contribution in [0.25, 0.3) is 0 Å². The first-order valence-electron chi connectivity index (χ1n) is 24.1. The molecule has 5 aromatic rings. The molecule has 0 N–H and O–H groups in total. The highest BCUT2D eigenvalue weighted by atomic mass is 16.7. The number of hydrogen-bond donors (Lipinski definition) is 0. The monoisotopic (exact) mass is 931 g/mol. The van der Waals surface area contributed by atoms with Gasteiger partial charge in [0.2, 0.25) is 6.79 Å². The lowest BCUT2D eigenvalue weighted by molar-refractivity contribution is -0.0175. The summed E-state index contributed by atoms with van der Waals surface area (Å²) in [5, 5.41) is 0. The lowest BCUT2D eigenvalue weighted by Gasteiger charge is -2.27. The Balaban J connectivity index is 0.000000140. The second kappa shape index (κ2) is 21.5. The van der Waals surface area contributed by atoms with E-state index in [4.69, 9.17) is 42.6 Å². The summed E-state index contributed by atoms with van der Waals surface area (Å²) in [6.45, 7) is 37.6. The van der Waals surface area contributed by atoms with Crippen LogP contribution in [0, 0.1) is 0 Å². The molecular weight excluding hydrogens is 853 g/mol.